The molecule has 0 spiro atoms. The third-order valence-corrected chi connectivity index (χ3v) is 5.92. The maximum absolute atomic E-state index is 11.9. The number of rotatable bonds is 7. The average molecular weight is 443 g/mol. The molecule has 1 aromatic carbocycles. The first-order valence-corrected chi connectivity index (χ1v) is 10.1. The van der Waals surface area contributed by atoms with E-state index in [9.17, 15) is 19.7 Å². The van der Waals surface area contributed by atoms with E-state index in [4.69, 9.17) is 25.8 Å². The Morgan fingerprint density at radius 3 is 2.47 bits per heavy atom. The van der Waals surface area contributed by atoms with Crippen molar-refractivity contribution >= 4 is 29.2 Å². The van der Waals surface area contributed by atoms with Crippen LogP contribution < -0.4 is 4.74 Å². The van der Waals surface area contributed by atoms with E-state index in [-0.39, 0.29) is 47.6 Å². The van der Waals surface area contributed by atoms with Crippen LogP contribution in [0.5, 0.6) is 5.75 Å². The van der Waals surface area contributed by atoms with Crippen molar-refractivity contribution in [3.8, 4) is 5.75 Å². The largest absolute Gasteiger partial charge is 0.457 e. The molecule has 1 saturated heterocycles. The van der Waals surface area contributed by atoms with E-state index in [2.05, 4.69) is 0 Å². The third kappa shape index (κ3) is 5.40. The van der Waals surface area contributed by atoms with Gasteiger partial charge in [-0.25, -0.2) is 4.79 Å². The quantitative estimate of drug-likeness (QED) is 0.272. The Morgan fingerprint density at radius 1 is 1.23 bits per heavy atom. The van der Waals surface area contributed by atoms with E-state index in [1.165, 1.54) is 26.1 Å². The van der Waals surface area contributed by atoms with Crippen LogP contribution in [0.4, 0.5) is 10.5 Å². The van der Waals surface area contributed by atoms with E-state index < -0.39 is 23.4 Å². The molecule has 1 aromatic rings. The summed E-state index contributed by atoms with van der Waals surface area (Å²) < 4.78 is 16.8. The number of benzene rings is 1. The second kappa shape index (κ2) is 10.1. The van der Waals surface area contributed by atoms with E-state index in [0.29, 0.717) is 5.56 Å². The van der Waals surface area contributed by atoms with Crippen LogP contribution in [0.3, 0.4) is 0 Å². The minimum atomic E-state index is -0.801. The number of carbonyl (C=O) groups excluding carboxylic acids is 2. The number of nitro benzene ring substituents is 1. The number of alkyl halides is 1. The zero-order chi connectivity index (χ0) is 22.6. The van der Waals surface area contributed by atoms with Crippen molar-refractivity contribution in [2.75, 3.05) is 13.1 Å². The van der Waals surface area contributed by atoms with Gasteiger partial charge in [-0.1, -0.05) is 26.8 Å². The van der Waals surface area contributed by atoms with Gasteiger partial charge in [0.2, 0.25) is 6.29 Å². The molecule has 0 radical (unpaired) electrons. The first kappa shape index (κ1) is 23.9. The summed E-state index contributed by atoms with van der Waals surface area (Å²) in [4.78, 5) is 35.8. The summed E-state index contributed by atoms with van der Waals surface area (Å²) in [5, 5.41) is 11.6. The highest BCUT2D eigenvalue weighted by atomic mass is 35.5. The van der Waals surface area contributed by atoms with Crippen LogP contribution in [0.25, 0.3) is 0 Å². The zero-order valence-electron chi connectivity index (χ0n) is 17.7. The lowest BCUT2D eigenvalue weighted by molar-refractivity contribution is -0.386. The summed E-state index contributed by atoms with van der Waals surface area (Å²) in [5.74, 6) is -0.0379. The molecule has 3 unspecified atom stereocenters. The third-order valence-electron chi connectivity index (χ3n) is 5.56. The van der Waals surface area contributed by atoms with Gasteiger partial charge in [-0.15, -0.1) is 11.6 Å². The second-order valence-corrected chi connectivity index (χ2v) is 7.90. The lowest BCUT2D eigenvalue weighted by Crippen LogP contribution is -2.49. The van der Waals surface area contributed by atoms with Crippen molar-refractivity contribution in [3.05, 3.63) is 33.9 Å². The first-order chi connectivity index (χ1) is 14.1. The highest BCUT2D eigenvalue weighted by molar-refractivity contribution is 6.18. The van der Waals surface area contributed by atoms with Gasteiger partial charge in [0.05, 0.1) is 10.9 Å². The van der Waals surface area contributed by atoms with E-state index in [0.717, 1.165) is 4.90 Å². The molecule has 1 heterocycles. The van der Waals surface area contributed by atoms with Crippen molar-refractivity contribution in [2.24, 2.45) is 17.8 Å². The topological polar surface area (TPSA) is 108 Å². The molecule has 1 amide bonds. The lowest BCUT2D eigenvalue weighted by Gasteiger charge is -2.42. The molecule has 1 fully saturated rings. The summed E-state index contributed by atoms with van der Waals surface area (Å²) in [6, 6.07) is 4.25. The smallest absolute Gasteiger partial charge is 0.410 e. The van der Waals surface area contributed by atoms with Gasteiger partial charge in [0.25, 0.3) is 0 Å². The van der Waals surface area contributed by atoms with Crippen LogP contribution in [-0.4, -0.2) is 47.1 Å². The van der Waals surface area contributed by atoms with Crippen LogP contribution in [0, 0.1) is 27.9 Å². The van der Waals surface area contributed by atoms with E-state index >= 15 is 0 Å². The van der Waals surface area contributed by atoms with Crippen LogP contribution in [0.1, 0.15) is 33.3 Å². The standard InChI is InChI=1S/C20H27ClN2O7/c1-11-12(2)18(14(4)24)30-19(13(11)3)29-17-7-6-15(8-16(17)23(26)27)9-28-20(25)22(5)10-21/h6-8,11-13,18-19H,9-10H2,1-5H3/t11-,12?,13-,18?,19?/m0/s1. The Balaban J connectivity index is 2.19. The number of Topliss-reactive ketones (excluding diaryl/α,β-unsaturated/α-hetero) is 1. The number of amides is 1. The van der Waals surface area contributed by atoms with Gasteiger partial charge in [0.1, 0.15) is 12.7 Å². The molecule has 1 aliphatic heterocycles. The highest BCUT2D eigenvalue weighted by Gasteiger charge is 2.42. The summed E-state index contributed by atoms with van der Waals surface area (Å²) in [6.45, 7) is 7.19. The molecule has 10 heteroatoms. The molecular weight excluding hydrogens is 416 g/mol. The molecule has 0 N–H and O–H groups in total. The Labute approximate surface area is 180 Å². The minimum Gasteiger partial charge on any atom is -0.457 e. The van der Waals surface area contributed by atoms with Crippen molar-refractivity contribution < 1.29 is 28.7 Å². The maximum atomic E-state index is 11.9. The SMILES string of the molecule is CC(=O)C1OC(Oc2ccc(COC(=O)N(C)CCl)cc2[N+](=O)[O-])[C@@H](C)[C@@H](C)C1C. The van der Waals surface area contributed by atoms with Gasteiger partial charge < -0.3 is 14.2 Å². The Kier molecular flexibility index (Phi) is 8.03. The molecule has 5 atom stereocenters. The van der Waals surface area contributed by atoms with Crippen LogP contribution >= 0.6 is 11.6 Å². The fourth-order valence-corrected chi connectivity index (χ4v) is 3.42. The van der Waals surface area contributed by atoms with E-state index in [1.54, 1.807) is 6.07 Å². The molecule has 2 rings (SSSR count). The van der Waals surface area contributed by atoms with Gasteiger partial charge >= 0.3 is 11.8 Å². The Bertz CT molecular complexity index is 803. The maximum Gasteiger partial charge on any atom is 0.410 e. The van der Waals surface area contributed by atoms with E-state index in [1.807, 2.05) is 20.8 Å². The average Bonchev–Trinajstić information content (AvgIpc) is 2.71. The number of nitro groups is 1. The van der Waals surface area contributed by atoms with Crippen molar-refractivity contribution in [2.45, 2.75) is 46.7 Å². The number of ketones is 1. The van der Waals surface area contributed by atoms with Crippen LogP contribution in [0.2, 0.25) is 0 Å². The monoisotopic (exact) mass is 442 g/mol. The van der Waals surface area contributed by atoms with Gasteiger partial charge in [0.15, 0.2) is 11.5 Å². The fourth-order valence-electron chi connectivity index (χ4n) is 3.32. The molecule has 0 bridgehead atoms. The highest BCUT2D eigenvalue weighted by Crippen LogP contribution is 2.38. The van der Waals surface area contributed by atoms with Crippen molar-refractivity contribution in [1.29, 1.82) is 0 Å². The summed E-state index contributed by atoms with van der Waals surface area (Å²) in [6.07, 6.45) is -2.07. The van der Waals surface area contributed by atoms with Gasteiger partial charge in [-0.2, -0.15) is 0 Å². The number of carbonyl (C=O) groups is 2. The first-order valence-electron chi connectivity index (χ1n) is 9.60. The Hall–Kier alpha value is -2.39. The van der Waals surface area contributed by atoms with Crippen LogP contribution in [-0.2, 0) is 20.9 Å². The van der Waals surface area contributed by atoms with Gasteiger partial charge in [-0.3, -0.25) is 19.8 Å². The molecule has 9 nitrogen and oxygen atoms in total. The van der Waals surface area contributed by atoms with Gasteiger partial charge in [0, 0.05) is 19.0 Å². The molecule has 0 aliphatic carbocycles. The molecule has 1 aliphatic rings. The number of ether oxygens (including phenoxy) is 3. The second-order valence-electron chi connectivity index (χ2n) is 7.66. The zero-order valence-corrected chi connectivity index (χ0v) is 18.4. The predicted octanol–water partition coefficient (Wildman–Crippen LogP) is 3.96. The number of hydrogen-bond acceptors (Lipinski definition) is 7. The van der Waals surface area contributed by atoms with Crippen molar-refractivity contribution in [1.82, 2.24) is 4.90 Å². The fraction of sp³-hybridized carbons (Fsp3) is 0.600. The van der Waals surface area contributed by atoms with Crippen LogP contribution in [0.15, 0.2) is 18.2 Å². The summed E-state index contributed by atoms with van der Waals surface area (Å²) >= 11 is 5.56. The molecule has 166 valence electrons. The summed E-state index contributed by atoms with van der Waals surface area (Å²) in [5.41, 5.74) is 0.141. The number of nitrogens with zero attached hydrogens (tertiary/aromatic N) is 2. The lowest BCUT2D eigenvalue weighted by atomic mass is 9.78. The molecular formula is C20H27ClN2O7. The predicted molar refractivity (Wildman–Crippen MR) is 109 cm³/mol. The Morgan fingerprint density at radius 2 is 1.90 bits per heavy atom. The van der Waals surface area contributed by atoms with Gasteiger partial charge in [-0.05, 0) is 30.4 Å². The van der Waals surface area contributed by atoms with Crippen molar-refractivity contribution in [3.63, 3.8) is 0 Å². The number of halogens is 1. The summed E-state index contributed by atoms with van der Waals surface area (Å²) in [7, 11) is 1.47. The molecule has 0 saturated carbocycles. The minimum absolute atomic E-state index is 0.00974. The normalized spacial score (nSPS) is 26.0. The molecule has 30 heavy (non-hydrogen) atoms. The number of hydrogen-bond donors (Lipinski definition) is 0. The molecule has 0 aromatic heterocycles.